The Bertz CT molecular complexity index is 1490. The van der Waals surface area contributed by atoms with Crippen LogP contribution in [0, 0.1) is 12.7 Å². The summed E-state index contributed by atoms with van der Waals surface area (Å²) >= 11 is 0. The van der Waals surface area contributed by atoms with Gasteiger partial charge in [-0.05, 0) is 73.7 Å². The molecule has 0 bridgehead atoms. The minimum absolute atomic E-state index is 0.000120. The normalized spacial score (nSPS) is 12.3. The summed E-state index contributed by atoms with van der Waals surface area (Å²) in [6, 6.07) is 12.4. The number of aromatic nitrogens is 2. The van der Waals surface area contributed by atoms with E-state index in [2.05, 4.69) is 15.3 Å². The third-order valence-corrected chi connectivity index (χ3v) is 6.23. The summed E-state index contributed by atoms with van der Waals surface area (Å²) in [5.41, 5.74) is 2.75. The van der Waals surface area contributed by atoms with Crippen LogP contribution < -0.4 is 5.32 Å². The van der Waals surface area contributed by atoms with Crippen molar-refractivity contribution in [2.24, 2.45) is 0 Å². The number of carboxylic acids is 1. The van der Waals surface area contributed by atoms with Crippen molar-refractivity contribution >= 4 is 22.9 Å². The molecule has 2 heterocycles. The highest BCUT2D eigenvalue weighted by Crippen LogP contribution is 2.33. The molecule has 0 unspecified atom stereocenters. The topological polar surface area (TPSA) is 92.2 Å². The third kappa shape index (κ3) is 6.95. The lowest BCUT2D eigenvalue weighted by Gasteiger charge is -2.22. The Balaban J connectivity index is 1.66. The second-order valence-electron chi connectivity index (χ2n) is 9.23. The first-order valence-electron chi connectivity index (χ1n) is 12.2. The molecule has 0 saturated carbocycles. The number of unbranched alkanes of at least 4 members (excludes halogenated alkanes) is 1. The molecule has 0 fully saturated rings. The van der Waals surface area contributed by atoms with E-state index in [1.165, 1.54) is 30.3 Å². The molecule has 39 heavy (non-hydrogen) atoms. The molecule has 0 aliphatic carbocycles. The fourth-order valence-electron chi connectivity index (χ4n) is 4.20. The highest BCUT2D eigenvalue weighted by Gasteiger charge is 2.42. The molecule has 2 aromatic heterocycles. The molecule has 2 aromatic carbocycles. The average molecular weight is 540 g/mol. The van der Waals surface area contributed by atoms with Crippen molar-refractivity contribution < 1.29 is 32.3 Å². The zero-order chi connectivity index (χ0) is 28.2. The first-order valence-corrected chi connectivity index (χ1v) is 12.2. The molecule has 1 amide bonds. The number of benzene rings is 2. The number of aliphatic carboxylic acids is 1. The van der Waals surface area contributed by atoms with Crippen LogP contribution in [-0.4, -0.2) is 33.1 Å². The van der Waals surface area contributed by atoms with Crippen LogP contribution in [-0.2, 0) is 11.2 Å². The Morgan fingerprint density at radius 2 is 1.69 bits per heavy atom. The van der Waals surface area contributed by atoms with E-state index in [0.717, 1.165) is 11.8 Å². The van der Waals surface area contributed by atoms with Crippen LogP contribution in [0.5, 0.6) is 0 Å². The number of halogens is 4. The number of fused-ring (bicyclic) bond motifs is 1. The van der Waals surface area contributed by atoms with Gasteiger partial charge in [-0.2, -0.15) is 13.2 Å². The molecular weight excluding hydrogens is 514 g/mol. The van der Waals surface area contributed by atoms with Gasteiger partial charge in [0.25, 0.3) is 5.91 Å². The average Bonchev–Trinajstić information content (AvgIpc) is 2.89. The number of carbonyl (C=O) groups excluding carboxylic acids is 1. The van der Waals surface area contributed by atoms with Crippen molar-refractivity contribution in [3.05, 3.63) is 94.9 Å². The fourth-order valence-corrected chi connectivity index (χ4v) is 4.20. The maximum atomic E-state index is 13.8. The second kappa shape index (κ2) is 11.6. The molecule has 4 rings (SSSR count). The fraction of sp³-hybridized carbons (Fsp3) is 0.241. The largest absolute Gasteiger partial charge is 0.481 e. The zero-order valence-corrected chi connectivity index (χ0v) is 20.9. The van der Waals surface area contributed by atoms with E-state index in [1.807, 2.05) is 0 Å². The van der Waals surface area contributed by atoms with Crippen LogP contribution in [0.1, 0.15) is 52.4 Å². The molecule has 6 nitrogen and oxygen atoms in total. The van der Waals surface area contributed by atoms with Gasteiger partial charge in [0.05, 0.1) is 11.3 Å². The van der Waals surface area contributed by atoms with E-state index < -0.39 is 29.9 Å². The molecule has 202 valence electrons. The van der Waals surface area contributed by atoms with Gasteiger partial charge in [-0.3, -0.25) is 9.59 Å². The van der Waals surface area contributed by atoms with Gasteiger partial charge in [-0.25, -0.2) is 14.4 Å². The summed E-state index contributed by atoms with van der Waals surface area (Å²) in [7, 11) is 0. The molecular formula is C29H25F4N3O3. The molecule has 2 N–H and O–H groups in total. The third-order valence-electron chi connectivity index (χ3n) is 6.23. The van der Waals surface area contributed by atoms with Crippen molar-refractivity contribution in [3.63, 3.8) is 0 Å². The lowest BCUT2D eigenvalue weighted by atomic mass is 9.99. The molecule has 1 atom stereocenters. The van der Waals surface area contributed by atoms with Crippen LogP contribution in [0.15, 0.2) is 66.9 Å². The molecule has 0 spiro atoms. The summed E-state index contributed by atoms with van der Waals surface area (Å²) in [6.45, 7) is 1.75. The molecule has 0 aliphatic heterocycles. The minimum Gasteiger partial charge on any atom is -0.481 e. The van der Waals surface area contributed by atoms with Crippen molar-refractivity contribution in [2.45, 2.75) is 44.8 Å². The van der Waals surface area contributed by atoms with Crippen molar-refractivity contribution in [1.82, 2.24) is 15.3 Å². The van der Waals surface area contributed by atoms with Crippen LogP contribution in [0.2, 0.25) is 0 Å². The quantitative estimate of drug-likeness (QED) is 0.185. The van der Waals surface area contributed by atoms with E-state index in [4.69, 9.17) is 5.11 Å². The highest BCUT2D eigenvalue weighted by atomic mass is 19.4. The maximum absolute atomic E-state index is 13.8. The maximum Gasteiger partial charge on any atom is 0.412 e. The Kier molecular flexibility index (Phi) is 8.23. The Hall–Kier alpha value is -4.34. The van der Waals surface area contributed by atoms with E-state index in [0.29, 0.717) is 41.5 Å². The lowest BCUT2D eigenvalue weighted by molar-refractivity contribution is -0.155. The number of amides is 1. The Morgan fingerprint density at radius 1 is 1.00 bits per heavy atom. The van der Waals surface area contributed by atoms with Gasteiger partial charge in [0.1, 0.15) is 5.82 Å². The molecule has 4 aromatic rings. The first-order chi connectivity index (χ1) is 18.5. The SMILES string of the molecule is Cc1ccc([C@H](NC(=O)c2cnc3nc(-c4ccc(F)cc4)c(CCCCC(=O)O)cc3c2)C(F)(F)F)cc1. The highest BCUT2D eigenvalue weighted by molar-refractivity contribution is 5.97. The number of hydrogen-bond donors (Lipinski definition) is 2. The van der Waals surface area contributed by atoms with Gasteiger partial charge in [0.15, 0.2) is 11.7 Å². The number of nitrogens with one attached hydrogen (secondary N) is 1. The van der Waals surface area contributed by atoms with Crippen molar-refractivity contribution in [2.75, 3.05) is 0 Å². The number of rotatable bonds is 9. The number of nitrogens with zero attached hydrogens (tertiary/aromatic N) is 2. The van der Waals surface area contributed by atoms with Gasteiger partial charge in [-0.1, -0.05) is 29.8 Å². The van der Waals surface area contributed by atoms with Gasteiger partial charge in [0, 0.05) is 23.6 Å². The van der Waals surface area contributed by atoms with E-state index >= 15 is 0 Å². The lowest BCUT2D eigenvalue weighted by Crippen LogP contribution is -2.38. The number of pyridine rings is 2. The summed E-state index contributed by atoms with van der Waals surface area (Å²) in [4.78, 5) is 32.6. The molecule has 0 radical (unpaired) electrons. The van der Waals surface area contributed by atoms with Crippen LogP contribution in [0.25, 0.3) is 22.3 Å². The van der Waals surface area contributed by atoms with Gasteiger partial charge in [0.2, 0.25) is 0 Å². The van der Waals surface area contributed by atoms with Gasteiger partial charge < -0.3 is 10.4 Å². The number of alkyl halides is 3. The first kappa shape index (κ1) is 27.7. The smallest absolute Gasteiger partial charge is 0.412 e. The molecule has 10 heteroatoms. The minimum atomic E-state index is -4.72. The predicted octanol–water partition coefficient (Wildman–Crippen LogP) is 6.58. The number of carboxylic acid groups (broad SMARTS) is 1. The summed E-state index contributed by atoms with van der Waals surface area (Å²) < 4.78 is 54.9. The Labute approximate surface area is 221 Å². The predicted molar refractivity (Wildman–Crippen MR) is 138 cm³/mol. The molecule has 0 saturated heterocycles. The van der Waals surface area contributed by atoms with E-state index in [1.54, 1.807) is 37.3 Å². The van der Waals surface area contributed by atoms with Crippen molar-refractivity contribution in [3.8, 4) is 11.3 Å². The van der Waals surface area contributed by atoms with E-state index in [9.17, 15) is 27.2 Å². The molecule has 0 aliphatic rings. The van der Waals surface area contributed by atoms with Gasteiger partial charge >= 0.3 is 12.1 Å². The monoisotopic (exact) mass is 539 g/mol. The van der Waals surface area contributed by atoms with Gasteiger partial charge in [-0.15, -0.1) is 0 Å². The van der Waals surface area contributed by atoms with Crippen LogP contribution in [0.4, 0.5) is 17.6 Å². The summed E-state index contributed by atoms with van der Waals surface area (Å²) in [5.74, 6) is -2.27. The number of aryl methyl sites for hydroxylation is 2. The van der Waals surface area contributed by atoms with E-state index in [-0.39, 0.29) is 23.2 Å². The summed E-state index contributed by atoms with van der Waals surface area (Å²) in [5, 5.41) is 11.4. The zero-order valence-electron chi connectivity index (χ0n) is 20.9. The van der Waals surface area contributed by atoms with Crippen LogP contribution >= 0.6 is 0 Å². The van der Waals surface area contributed by atoms with Crippen molar-refractivity contribution in [1.29, 1.82) is 0 Å². The van der Waals surface area contributed by atoms with Crippen LogP contribution in [0.3, 0.4) is 0 Å². The Morgan fingerprint density at radius 3 is 2.33 bits per heavy atom. The number of hydrogen-bond acceptors (Lipinski definition) is 4. The summed E-state index contributed by atoms with van der Waals surface area (Å²) in [6.07, 6.45) is -2.15. The standard InChI is InChI=1S/C29H25F4N3O3/c1-17-6-8-19(9-7-17)26(29(31,32)33)36-28(39)22-15-21-14-20(4-2-3-5-24(37)38)25(35-27(21)34-16-22)18-10-12-23(30)13-11-18/h6-16,26H,2-5H2,1H3,(H,36,39)(H,37,38)/t26-/m0/s1. The number of carbonyl (C=O) groups is 2. The second-order valence-corrected chi connectivity index (χ2v) is 9.23.